The van der Waals surface area contributed by atoms with Crippen LogP contribution in [0.3, 0.4) is 0 Å². The van der Waals surface area contributed by atoms with Crippen molar-refractivity contribution in [2.45, 2.75) is 6.54 Å². The number of aliphatic imine (C=N–C) groups is 1. The Morgan fingerprint density at radius 2 is 2.00 bits per heavy atom. The number of aromatic nitrogens is 1. The molecule has 0 saturated carbocycles. The van der Waals surface area contributed by atoms with Crippen LogP contribution >= 0.6 is 35.3 Å². The smallest absolute Gasteiger partial charge is 0.195 e. The van der Waals surface area contributed by atoms with Crippen LogP contribution in [0.2, 0.25) is 0 Å². The predicted molar refractivity (Wildman–Crippen MR) is 93.7 cm³/mol. The average molecular weight is 406 g/mol. The van der Waals surface area contributed by atoms with Gasteiger partial charge in [-0.15, -0.1) is 35.3 Å². The molecule has 0 atom stereocenters. The first kappa shape index (κ1) is 17.0. The minimum atomic E-state index is 0. The third kappa shape index (κ3) is 4.20. The molecule has 0 spiro atoms. The van der Waals surface area contributed by atoms with Crippen molar-refractivity contribution in [1.82, 2.24) is 14.8 Å². The molecule has 0 aromatic carbocycles. The van der Waals surface area contributed by atoms with Gasteiger partial charge in [0, 0.05) is 33.6 Å². The second-order valence-corrected chi connectivity index (χ2v) is 5.38. The van der Waals surface area contributed by atoms with Gasteiger partial charge in [-0.2, -0.15) is 0 Å². The minimum Gasteiger partial charge on any atom is -0.462 e. The summed E-state index contributed by atoms with van der Waals surface area (Å²) in [7, 11) is 7.92. The van der Waals surface area contributed by atoms with Gasteiger partial charge in [-0.25, -0.2) is 9.98 Å². The van der Waals surface area contributed by atoms with Gasteiger partial charge in [0.15, 0.2) is 16.7 Å². The first-order valence-electron chi connectivity index (χ1n) is 5.95. The van der Waals surface area contributed by atoms with E-state index in [9.17, 15) is 0 Å². The van der Waals surface area contributed by atoms with Crippen molar-refractivity contribution in [3.63, 3.8) is 0 Å². The molecule has 7 heteroatoms. The van der Waals surface area contributed by atoms with Crippen LogP contribution in [0, 0.1) is 0 Å². The number of furan rings is 1. The van der Waals surface area contributed by atoms with E-state index in [-0.39, 0.29) is 24.0 Å². The molecule has 0 saturated heterocycles. The van der Waals surface area contributed by atoms with Crippen molar-refractivity contribution in [1.29, 1.82) is 0 Å². The quantitative estimate of drug-likeness (QED) is 0.447. The number of nitrogens with zero attached hydrogens (tertiary/aromatic N) is 4. The summed E-state index contributed by atoms with van der Waals surface area (Å²) in [5.74, 6) is 1.73. The monoisotopic (exact) mass is 406 g/mol. The van der Waals surface area contributed by atoms with Crippen molar-refractivity contribution in [3.05, 3.63) is 29.5 Å². The molecule has 0 radical (unpaired) electrons. The summed E-state index contributed by atoms with van der Waals surface area (Å²) in [5.41, 5.74) is 0.956. The summed E-state index contributed by atoms with van der Waals surface area (Å²) < 4.78 is 5.33. The van der Waals surface area contributed by atoms with E-state index < -0.39 is 0 Å². The van der Waals surface area contributed by atoms with Gasteiger partial charge in [0.1, 0.15) is 0 Å². The van der Waals surface area contributed by atoms with Crippen molar-refractivity contribution in [2.24, 2.45) is 4.99 Å². The van der Waals surface area contributed by atoms with Crippen LogP contribution in [0.4, 0.5) is 0 Å². The van der Waals surface area contributed by atoms with Crippen LogP contribution in [-0.4, -0.2) is 48.9 Å². The Bertz CT molecular complexity index is 538. The molecule has 0 aliphatic heterocycles. The van der Waals surface area contributed by atoms with E-state index in [1.54, 1.807) is 17.6 Å². The van der Waals surface area contributed by atoms with E-state index in [2.05, 4.69) is 9.98 Å². The van der Waals surface area contributed by atoms with E-state index in [4.69, 9.17) is 4.42 Å². The van der Waals surface area contributed by atoms with Gasteiger partial charge >= 0.3 is 0 Å². The normalized spacial score (nSPS) is 9.80. The zero-order valence-corrected chi connectivity index (χ0v) is 15.2. The number of hydrogen-bond donors (Lipinski definition) is 0. The van der Waals surface area contributed by atoms with E-state index in [1.165, 1.54) is 0 Å². The zero-order valence-electron chi connectivity index (χ0n) is 12.0. The third-order valence-electron chi connectivity index (χ3n) is 2.47. The lowest BCUT2D eigenvalue weighted by Gasteiger charge is -2.22. The van der Waals surface area contributed by atoms with Crippen molar-refractivity contribution in [3.8, 4) is 10.8 Å². The fourth-order valence-corrected chi connectivity index (χ4v) is 2.50. The molecule has 0 aliphatic rings. The predicted octanol–water partition coefficient (Wildman–Crippen LogP) is 3.00. The standard InChI is InChI=1S/C13H18N4OS.HI/c1-16(2)13(17(3)4)14-8-10-9-19-12(15-10)11-6-5-7-18-11;/h5-7,9H,8H2,1-4H3;1H. The van der Waals surface area contributed by atoms with Crippen LogP contribution in [-0.2, 0) is 6.54 Å². The van der Waals surface area contributed by atoms with Crippen molar-refractivity contribution in [2.75, 3.05) is 28.2 Å². The highest BCUT2D eigenvalue weighted by Gasteiger charge is 2.08. The van der Waals surface area contributed by atoms with Crippen LogP contribution in [0.25, 0.3) is 10.8 Å². The number of thiazole rings is 1. The first-order chi connectivity index (χ1) is 9.08. The molecule has 2 aromatic rings. The fraction of sp³-hybridized carbons (Fsp3) is 0.385. The van der Waals surface area contributed by atoms with Crippen LogP contribution in [0.15, 0.2) is 33.2 Å². The molecule has 2 aromatic heterocycles. The Morgan fingerprint density at radius 3 is 2.55 bits per heavy atom. The number of hydrogen-bond acceptors (Lipinski definition) is 4. The van der Waals surface area contributed by atoms with E-state index in [0.29, 0.717) is 6.54 Å². The highest BCUT2D eigenvalue weighted by Crippen LogP contribution is 2.24. The zero-order chi connectivity index (χ0) is 13.8. The van der Waals surface area contributed by atoms with Crippen molar-refractivity contribution < 1.29 is 4.42 Å². The molecule has 0 aliphatic carbocycles. The Labute approximate surface area is 140 Å². The number of halogens is 1. The average Bonchev–Trinajstić information content (AvgIpc) is 2.98. The minimum absolute atomic E-state index is 0. The molecule has 20 heavy (non-hydrogen) atoms. The molecule has 2 heterocycles. The Morgan fingerprint density at radius 1 is 1.30 bits per heavy atom. The molecule has 0 unspecified atom stereocenters. The van der Waals surface area contributed by atoms with Gasteiger partial charge in [-0.3, -0.25) is 0 Å². The number of guanidine groups is 1. The maximum atomic E-state index is 5.33. The summed E-state index contributed by atoms with van der Waals surface area (Å²) in [6, 6.07) is 3.78. The second-order valence-electron chi connectivity index (χ2n) is 4.53. The number of rotatable bonds is 3. The molecule has 0 N–H and O–H groups in total. The van der Waals surface area contributed by atoms with Crippen molar-refractivity contribution >= 4 is 41.3 Å². The van der Waals surface area contributed by atoms with Gasteiger partial charge < -0.3 is 14.2 Å². The molecule has 110 valence electrons. The summed E-state index contributed by atoms with van der Waals surface area (Å²) in [6.45, 7) is 0.572. The van der Waals surface area contributed by atoms with Gasteiger partial charge in [0.2, 0.25) is 0 Å². The summed E-state index contributed by atoms with van der Waals surface area (Å²) in [6.07, 6.45) is 1.66. The molecule has 5 nitrogen and oxygen atoms in total. The van der Waals surface area contributed by atoms with E-state index in [0.717, 1.165) is 22.4 Å². The molecular weight excluding hydrogens is 387 g/mol. The third-order valence-corrected chi connectivity index (χ3v) is 3.37. The van der Waals surface area contributed by atoms with Gasteiger partial charge in [-0.1, -0.05) is 0 Å². The van der Waals surface area contributed by atoms with Crippen LogP contribution < -0.4 is 0 Å². The first-order valence-corrected chi connectivity index (χ1v) is 6.83. The molecule has 0 amide bonds. The molecule has 0 fully saturated rings. The maximum absolute atomic E-state index is 5.33. The van der Waals surface area contributed by atoms with Crippen LogP contribution in [0.5, 0.6) is 0 Å². The van der Waals surface area contributed by atoms with Gasteiger partial charge in [0.25, 0.3) is 0 Å². The molecule has 0 bridgehead atoms. The summed E-state index contributed by atoms with van der Waals surface area (Å²) >= 11 is 1.57. The largest absolute Gasteiger partial charge is 0.462 e. The summed E-state index contributed by atoms with van der Waals surface area (Å²) in [4.78, 5) is 13.1. The molecule has 2 rings (SSSR count). The lowest BCUT2D eigenvalue weighted by Crippen LogP contribution is -2.35. The Balaban J connectivity index is 0.00000200. The summed E-state index contributed by atoms with van der Waals surface area (Å²) in [5, 5.41) is 2.91. The Hall–Kier alpha value is -1.09. The Kier molecular flexibility index (Phi) is 6.47. The second kappa shape index (κ2) is 7.63. The maximum Gasteiger partial charge on any atom is 0.195 e. The van der Waals surface area contributed by atoms with Gasteiger partial charge in [0.05, 0.1) is 18.5 Å². The van der Waals surface area contributed by atoms with Crippen LogP contribution in [0.1, 0.15) is 5.69 Å². The van der Waals surface area contributed by atoms with Gasteiger partial charge in [-0.05, 0) is 12.1 Å². The van der Waals surface area contributed by atoms with E-state index in [1.807, 2.05) is 55.5 Å². The highest BCUT2D eigenvalue weighted by atomic mass is 127. The SMILES string of the molecule is CN(C)C(=NCc1csc(-c2ccco2)n1)N(C)C.I. The molecular formula is C13H19IN4OS. The fourth-order valence-electron chi connectivity index (χ4n) is 1.73. The van der Waals surface area contributed by atoms with E-state index >= 15 is 0 Å². The lowest BCUT2D eigenvalue weighted by molar-refractivity contribution is 0.479. The lowest BCUT2D eigenvalue weighted by atomic mass is 10.4. The highest BCUT2D eigenvalue weighted by molar-refractivity contribution is 14.0. The topological polar surface area (TPSA) is 44.9 Å².